The summed E-state index contributed by atoms with van der Waals surface area (Å²) in [5.74, 6) is -6.10. The molecule has 10 heterocycles. The first-order valence-corrected chi connectivity index (χ1v) is 38.4. The summed E-state index contributed by atoms with van der Waals surface area (Å²) >= 11 is 0. The molecule has 5 N–H and O–H groups in total. The van der Waals surface area contributed by atoms with Crippen molar-refractivity contribution < 1.29 is 95.8 Å². The number of rotatable bonds is 9. The van der Waals surface area contributed by atoms with Gasteiger partial charge in [-0.15, -0.1) is 6.42 Å². The fourth-order valence-electron chi connectivity index (χ4n) is 14.0. The number of methoxy groups -OCH3 is 1. The number of nitrogens with zero attached hydrogens (tertiary/aromatic N) is 5. The molecule has 114 heavy (non-hydrogen) atoms. The van der Waals surface area contributed by atoms with Crippen LogP contribution in [0.4, 0.5) is 0 Å². The molecule has 30 heteroatoms. The fourth-order valence-corrected chi connectivity index (χ4v) is 14.0. The number of benzene rings is 5. The molecule has 0 bridgehead atoms. The lowest BCUT2D eigenvalue weighted by Gasteiger charge is -2.29. The Hall–Kier alpha value is -12.8. The van der Waals surface area contributed by atoms with Gasteiger partial charge in [-0.1, -0.05) is 144 Å². The van der Waals surface area contributed by atoms with Crippen molar-refractivity contribution in [1.29, 1.82) is 0 Å². The van der Waals surface area contributed by atoms with Crippen molar-refractivity contribution in [1.82, 2.24) is 51.1 Å². The number of carbonyl (C=O) groups excluding carboxylic acids is 19. The minimum Gasteiger partial charge on any atom is -0.496 e. The fraction of sp³-hybridized carbons (Fsp3) is 0.393. The van der Waals surface area contributed by atoms with Crippen LogP contribution in [0.3, 0.4) is 0 Å². The van der Waals surface area contributed by atoms with Crippen molar-refractivity contribution in [2.45, 2.75) is 210 Å². The second-order valence-electron chi connectivity index (χ2n) is 25.1. The van der Waals surface area contributed by atoms with Gasteiger partial charge in [-0.05, 0) is 116 Å². The molecule has 0 radical (unpaired) electrons. The molecule has 15 rings (SSSR count). The van der Waals surface area contributed by atoms with E-state index in [0.29, 0.717) is 64.9 Å². The number of piperidine rings is 5. The number of terminal acetylenes is 1. The molecule has 5 atom stereocenters. The number of imide groups is 9. The number of hydrogen-bond acceptors (Lipinski definition) is 20. The van der Waals surface area contributed by atoms with Gasteiger partial charge in [0.2, 0.25) is 59.1 Å². The van der Waals surface area contributed by atoms with Gasteiger partial charge in [-0.3, -0.25) is 137 Å². The molecule has 0 aliphatic carbocycles. The van der Waals surface area contributed by atoms with Crippen molar-refractivity contribution in [2.75, 3.05) is 7.11 Å². The molecule has 5 aromatic rings. The van der Waals surface area contributed by atoms with Gasteiger partial charge in [-0.25, -0.2) is 0 Å². The Morgan fingerprint density at radius 3 is 0.921 bits per heavy atom. The summed E-state index contributed by atoms with van der Waals surface area (Å²) in [6.45, 7) is 26.3. The Labute approximate surface area is 660 Å². The van der Waals surface area contributed by atoms with Crippen LogP contribution < -0.4 is 31.3 Å². The predicted molar refractivity (Wildman–Crippen MR) is 414 cm³/mol. The van der Waals surface area contributed by atoms with Crippen LogP contribution in [0.15, 0.2) is 91.0 Å². The van der Waals surface area contributed by atoms with Crippen LogP contribution in [0.2, 0.25) is 0 Å². The van der Waals surface area contributed by atoms with E-state index in [4.69, 9.17) is 11.2 Å². The molecular formula is C84H96N10O20. The smallest absolute Gasteiger partial charge is 0.266 e. The van der Waals surface area contributed by atoms with Crippen LogP contribution in [0.5, 0.6) is 5.75 Å². The second kappa shape index (κ2) is 40.9. The van der Waals surface area contributed by atoms with Gasteiger partial charge in [0.25, 0.3) is 53.2 Å². The maximum atomic E-state index is 12.6. The van der Waals surface area contributed by atoms with Gasteiger partial charge in [0.1, 0.15) is 36.0 Å². The Morgan fingerprint density at radius 2 is 0.605 bits per heavy atom. The average Bonchev–Trinajstić information content (AvgIpc) is 1.69. The molecule has 5 saturated heterocycles. The summed E-state index contributed by atoms with van der Waals surface area (Å²) in [5.41, 5.74) is 6.91. The number of fused-ring (bicyclic) bond motifs is 5. The molecule has 0 aromatic heterocycles. The Balaban J connectivity index is 0.000000216. The van der Waals surface area contributed by atoms with Crippen LogP contribution in [-0.4, -0.2) is 174 Å². The lowest BCUT2D eigenvalue weighted by atomic mass is 10.0. The van der Waals surface area contributed by atoms with Crippen LogP contribution in [0.1, 0.15) is 275 Å². The summed E-state index contributed by atoms with van der Waals surface area (Å²) in [6.07, 6.45) is 9.23. The van der Waals surface area contributed by atoms with Gasteiger partial charge < -0.3 is 9.64 Å². The summed E-state index contributed by atoms with van der Waals surface area (Å²) in [6, 6.07) is 21.1. The summed E-state index contributed by atoms with van der Waals surface area (Å²) in [5, 5.41) is 11.0. The van der Waals surface area contributed by atoms with E-state index in [9.17, 15) is 91.1 Å². The van der Waals surface area contributed by atoms with E-state index < -0.39 is 113 Å². The zero-order chi connectivity index (χ0) is 84.9. The molecule has 5 fully saturated rings. The maximum Gasteiger partial charge on any atom is 0.266 e. The van der Waals surface area contributed by atoms with E-state index in [1.807, 2.05) is 101 Å². The third kappa shape index (κ3) is 18.4. The number of aryl methyl sites for hydroxylation is 3. The zero-order valence-corrected chi connectivity index (χ0v) is 66.4. The van der Waals surface area contributed by atoms with E-state index in [2.05, 4.69) is 39.4 Å². The molecule has 10 aliphatic heterocycles. The predicted octanol–water partition coefficient (Wildman–Crippen LogP) is 7.61. The topological polar surface area (TPSA) is 410 Å². The first-order chi connectivity index (χ1) is 54.8. The number of carbonyl (C=O) groups is 19. The molecule has 5 unspecified atom stereocenters. The van der Waals surface area contributed by atoms with E-state index in [-0.39, 0.29) is 110 Å². The lowest BCUT2D eigenvalue weighted by Crippen LogP contribution is -2.54. The lowest BCUT2D eigenvalue weighted by molar-refractivity contribution is -0.138. The van der Waals surface area contributed by atoms with E-state index >= 15 is 0 Å². The van der Waals surface area contributed by atoms with Crippen LogP contribution >= 0.6 is 0 Å². The highest BCUT2D eigenvalue weighted by atomic mass is 16.5. The maximum absolute atomic E-state index is 12.6. The SMILES string of the molecule is C#Cc1cccc2c1C(=O)N(C1CCC(=O)NC1=O)C2=O.CC.CC.CC.CC.CC.CCc1cccc2c1C(=O)N(C1CCC(=O)NC1=O)C2=O.CCc1cccc2c1C(=O)N(C1CCC(=O)NC1=O)C2=O.CCc1cccc2c1CN(C1CCC(=O)NC1=O)C2=O.COc1cccc2c1C(=O)N(C1CCC(=O)NC1=O)C2=O. The highest BCUT2D eigenvalue weighted by molar-refractivity contribution is 6.27. The van der Waals surface area contributed by atoms with Gasteiger partial charge in [0.05, 0.1) is 51.6 Å². The van der Waals surface area contributed by atoms with Crippen molar-refractivity contribution in [3.8, 4) is 18.1 Å². The van der Waals surface area contributed by atoms with Crippen molar-refractivity contribution in [3.63, 3.8) is 0 Å². The summed E-state index contributed by atoms with van der Waals surface area (Å²) in [4.78, 5) is 233. The Bertz CT molecular complexity index is 4480. The second-order valence-corrected chi connectivity index (χ2v) is 25.1. The molecular weight excluding hydrogens is 1470 g/mol. The van der Waals surface area contributed by atoms with Gasteiger partial charge in [0.15, 0.2) is 0 Å². The van der Waals surface area contributed by atoms with Crippen LogP contribution in [-0.2, 0) is 73.8 Å². The molecule has 5 aromatic carbocycles. The van der Waals surface area contributed by atoms with Crippen LogP contribution in [0, 0.1) is 12.3 Å². The first-order valence-electron chi connectivity index (χ1n) is 38.4. The summed E-state index contributed by atoms with van der Waals surface area (Å²) < 4.78 is 5.10. The molecule has 10 aliphatic rings. The average molecular weight is 1570 g/mol. The van der Waals surface area contributed by atoms with E-state index in [1.54, 1.807) is 65.6 Å². The van der Waals surface area contributed by atoms with Crippen molar-refractivity contribution >= 4 is 112 Å². The van der Waals surface area contributed by atoms with Gasteiger partial charge in [0, 0.05) is 49.8 Å². The number of hydrogen-bond donors (Lipinski definition) is 5. The molecule has 0 saturated carbocycles. The number of amides is 19. The zero-order valence-electron chi connectivity index (χ0n) is 66.4. The van der Waals surface area contributed by atoms with Crippen LogP contribution in [0.25, 0.3) is 0 Å². The van der Waals surface area contributed by atoms with Gasteiger partial charge >= 0.3 is 0 Å². The number of nitrogens with one attached hydrogen (secondary N) is 5. The molecule has 19 amide bonds. The standard InChI is InChI=1S/2C15H14N2O4.C15H10N2O4.C15H16N2O3.C14H12N2O5.5C2H6/c3*1-2-8-4-3-5-9-12(8)15(21)17(14(9)20)10-6-7-11(18)16-13(10)19;1-2-9-4-3-5-10-11(9)8-17(15(10)20)12-6-7-13(18)16-14(12)19;1-21-9-4-2-3-7-11(9)14(20)16(13(7)19)8-5-6-10(17)15-12(8)18;5*1-2/h2*3-5,10H,2,6-7H2,1H3,(H,16,18,19);1,3-5,10H,6-7H2,(H,16,18,19);3-5,12H,2,6-8H2,1H3,(H,16,18,19);2-4,8H,5-6H2,1H3,(H,15,17,18);5*1-2H3. The largest absolute Gasteiger partial charge is 0.496 e. The monoisotopic (exact) mass is 1560 g/mol. The first kappa shape index (κ1) is 90.1. The third-order valence-electron chi connectivity index (χ3n) is 19.2. The van der Waals surface area contributed by atoms with Crippen molar-refractivity contribution in [3.05, 3.63) is 169 Å². The van der Waals surface area contributed by atoms with Gasteiger partial charge in [-0.2, -0.15) is 0 Å². The Morgan fingerprint density at radius 1 is 0.333 bits per heavy atom. The molecule has 30 nitrogen and oxygen atoms in total. The quantitative estimate of drug-likeness (QED) is 0.0700. The third-order valence-corrected chi connectivity index (χ3v) is 19.2. The minimum atomic E-state index is -0.972. The minimum absolute atomic E-state index is 0.0891. The van der Waals surface area contributed by atoms with Crippen molar-refractivity contribution in [2.24, 2.45) is 0 Å². The molecule has 0 spiro atoms. The number of ether oxygens (including phenoxy) is 1. The van der Waals surface area contributed by atoms with E-state index in [0.717, 1.165) is 48.3 Å². The normalized spacial score (nSPS) is 19.9. The Kier molecular flexibility index (Phi) is 32.3. The highest BCUT2D eigenvalue weighted by Gasteiger charge is 2.50. The highest BCUT2D eigenvalue weighted by Crippen LogP contribution is 2.37. The van der Waals surface area contributed by atoms with E-state index in [1.165, 1.54) is 19.2 Å². The molecule has 602 valence electrons. The summed E-state index contributed by atoms with van der Waals surface area (Å²) in [7, 11) is 1.40.